The molecule has 160 valence electrons. The molecule has 0 unspecified atom stereocenters. The van der Waals surface area contributed by atoms with E-state index in [2.05, 4.69) is 11.9 Å². The van der Waals surface area contributed by atoms with E-state index in [1.807, 2.05) is 0 Å². The molecule has 1 N–H and O–H groups in total. The maximum absolute atomic E-state index is 13.8. The van der Waals surface area contributed by atoms with Gasteiger partial charge < -0.3 is 5.32 Å². The van der Waals surface area contributed by atoms with Crippen LogP contribution in [0.25, 0.3) is 0 Å². The summed E-state index contributed by atoms with van der Waals surface area (Å²) in [5, 5.41) is 2.53. The molecular weight excluding hydrogens is 446 g/mol. The molecule has 0 bridgehead atoms. The molecule has 0 fully saturated rings. The van der Waals surface area contributed by atoms with Gasteiger partial charge in [0.15, 0.2) is 0 Å². The first-order valence-corrected chi connectivity index (χ1v) is 10.8. The third-order valence-corrected chi connectivity index (χ3v) is 6.37. The van der Waals surface area contributed by atoms with Crippen molar-refractivity contribution in [1.82, 2.24) is 0 Å². The average molecular weight is 463 g/mol. The van der Waals surface area contributed by atoms with Crippen molar-refractivity contribution in [2.75, 3.05) is 16.2 Å². The zero-order valence-electron chi connectivity index (χ0n) is 16.1. The van der Waals surface area contributed by atoms with E-state index in [0.29, 0.717) is 6.07 Å². The Kier molecular flexibility index (Phi) is 6.72. The maximum Gasteiger partial charge on any atom is 0.264 e. The van der Waals surface area contributed by atoms with Crippen molar-refractivity contribution in [2.45, 2.75) is 4.90 Å². The van der Waals surface area contributed by atoms with E-state index in [9.17, 15) is 22.0 Å². The molecule has 1 amide bonds. The Hall–Kier alpha value is -3.23. The number of carbonyl (C=O) groups excluding carboxylic acids is 1. The van der Waals surface area contributed by atoms with E-state index in [1.165, 1.54) is 30.3 Å². The van der Waals surface area contributed by atoms with Gasteiger partial charge in [-0.3, -0.25) is 9.10 Å². The predicted octanol–water partition coefficient (Wildman–Crippen LogP) is 5.25. The lowest BCUT2D eigenvalue weighted by Crippen LogP contribution is -2.31. The summed E-state index contributed by atoms with van der Waals surface area (Å²) in [5.74, 6) is -2.49. The summed E-state index contributed by atoms with van der Waals surface area (Å²) >= 11 is 6.18. The fourth-order valence-electron chi connectivity index (χ4n) is 2.81. The van der Waals surface area contributed by atoms with Gasteiger partial charge in [0, 0.05) is 11.6 Å². The van der Waals surface area contributed by atoms with Crippen molar-refractivity contribution in [3.63, 3.8) is 0 Å². The molecule has 0 aliphatic rings. The first-order chi connectivity index (χ1) is 14.7. The third kappa shape index (κ3) is 4.92. The molecule has 3 rings (SSSR count). The van der Waals surface area contributed by atoms with Gasteiger partial charge in [0.1, 0.15) is 11.6 Å². The average Bonchev–Trinajstić information content (AvgIpc) is 2.74. The van der Waals surface area contributed by atoms with Gasteiger partial charge in [-0.15, -0.1) is 6.58 Å². The number of anilines is 2. The molecule has 0 aliphatic heterocycles. The molecule has 0 radical (unpaired) electrons. The van der Waals surface area contributed by atoms with Crippen LogP contribution >= 0.6 is 11.6 Å². The van der Waals surface area contributed by atoms with Crippen molar-refractivity contribution in [3.8, 4) is 0 Å². The van der Waals surface area contributed by atoms with Crippen molar-refractivity contribution in [3.05, 3.63) is 102 Å². The number of halogens is 3. The van der Waals surface area contributed by atoms with E-state index in [0.717, 1.165) is 16.4 Å². The van der Waals surface area contributed by atoms with E-state index in [4.69, 9.17) is 11.6 Å². The Morgan fingerprint density at radius 2 is 1.81 bits per heavy atom. The van der Waals surface area contributed by atoms with E-state index in [-0.39, 0.29) is 33.4 Å². The van der Waals surface area contributed by atoms with Crippen LogP contribution in [0.2, 0.25) is 5.02 Å². The number of carbonyl (C=O) groups is 1. The van der Waals surface area contributed by atoms with Crippen LogP contribution in [0.3, 0.4) is 0 Å². The summed E-state index contributed by atoms with van der Waals surface area (Å²) < 4.78 is 54.5. The number of para-hydroxylation sites is 1. The van der Waals surface area contributed by atoms with Crippen molar-refractivity contribution in [1.29, 1.82) is 0 Å². The summed E-state index contributed by atoms with van der Waals surface area (Å²) in [6.07, 6.45) is 1.41. The Morgan fingerprint density at radius 3 is 2.48 bits per heavy atom. The van der Waals surface area contributed by atoms with Crippen LogP contribution in [-0.4, -0.2) is 20.9 Å². The van der Waals surface area contributed by atoms with Gasteiger partial charge in [0.2, 0.25) is 0 Å². The van der Waals surface area contributed by atoms with E-state index >= 15 is 0 Å². The SMILES string of the molecule is C=CCN(c1ccccc1Cl)S(=O)(=O)c1cccc(C(=O)Nc2ccc(F)cc2F)c1. The number of benzene rings is 3. The highest BCUT2D eigenvalue weighted by Crippen LogP contribution is 2.30. The number of hydrogen-bond donors (Lipinski definition) is 1. The first-order valence-electron chi connectivity index (χ1n) is 8.98. The molecule has 0 aromatic heterocycles. The standard InChI is InChI=1S/C22H17ClF2N2O3S/c1-2-12-27(21-9-4-3-8-18(21)23)31(29,30)17-7-5-6-15(13-17)22(28)26-20-11-10-16(24)14-19(20)25/h2-11,13-14H,1,12H2,(H,26,28). The highest BCUT2D eigenvalue weighted by Gasteiger charge is 2.26. The minimum absolute atomic E-state index is 0.0255. The smallest absolute Gasteiger partial charge is 0.264 e. The molecule has 3 aromatic rings. The van der Waals surface area contributed by atoms with Crippen LogP contribution in [0.5, 0.6) is 0 Å². The molecular formula is C22H17ClF2N2O3S. The largest absolute Gasteiger partial charge is 0.319 e. The number of nitrogens with zero attached hydrogens (tertiary/aromatic N) is 1. The summed E-state index contributed by atoms with van der Waals surface area (Å²) in [4.78, 5) is 12.4. The predicted molar refractivity (Wildman–Crippen MR) is 117 cm³/mol. The van der Waals surface area contributed by atoms with Gasteiger partial charge in [-0.1, -0.05) is 35.9 Å². The molecule has 0 atom stereocenters. The second-order valence-corrected chi connectivity index (χ2v) is 8.65. The molecule has 5 nitrogen and oxygen atoms in total. The highest BCUT2D eigenvalue weighted by atomic mass is 35.5. The summed E-state index contributed by atoms with van der Waals surface area (Å²) in [6, 6.07) is 14.4. The lowest BCUT2D eigenvalue weighted by molar-refractivity contribution is 0.102. The van der Waals surface area contributed by atoms with E-state index in [1.54, 1.807) is 24.3 Å². The van der Waals surface area contributed by atoms with Gasteiger partial charge in [-0.2, -0.15) is 0 Å². The van der Waals surface area contributed by atoms with Crippen molar-refractivity contribution >= 4 is 38.9 Å². The van der Waals surface area contributed by atoms with Gasteiger partial charge in [-0.05, 0) is 42.5 Å². The van der Waals surface area contributed by atoms with Gasteiger partial charge >= 0.3 is 0 Å². The number of amides is 1. The monoisotopic (exact) mass is 462 g/mol. The van der Waals surface area contributed by atoms with E-state index < -0.39 is 27.6 Å². The van der Waals surface area contributed by atoms with Crippen LogP contribution in [0.1, 0.15) is 10.4 Å². The van der Waals surface area contributed by atoms with Gasteiger partial charge in [0.25, 0.3) is 15.9 Å². The summed E-state index contributed by atoms with van der Waals surface area (Å²) in [6.45, 7) is 3.54. The zero-order chi connectivity index (χ0) is 22.6. The third-order valence-electron chi connectivity index (χ3n) is 4.28. The topological polar surface area (TPSA) is 66.5 Å². The number of hydrogen-bond acceptors (Lipinski definition) is 3. The lowest BCUT2D eigenvalue weighted by Gasteiger charge is -2.24. The van der Waals surface area contributed by atoms with Crippen LogP contribution in [0, 0.1) is 11.6 Å². The molecule has 0 aliphatic carbocycles. The first kappa shape index (κ1) is 22.5. The molecule has 0 spiro atoms. The second-order valence-electron chi connectivity index (χ2n) is 6.38. The molecule has 3 aromatic carbocycles. The second kappa shape index (κ2) is 9.28. The summed E-state index contributed by atoms with van der Waals surface area (Å²) in [7, 11) is -4.11. The Morgan fingerprint density at radius 1 is 1.06 bits per heavy atom. The zero-order valence-corrected chi connectivity index (χ0v) is 17.6. The number of nitrogens with one attached hydrogen (secondary N) is 1. The Balaban J connectivity index is 1.96. The number of rotatable bonds is 7. The molecule has 31 heavy (non-hydrogen) atoms. The normalized spacial score (nSPS) is 11.1. The molecule has 0 heterocycles. The minimum Gasteiger partial charge on any atom is -0.319 e. The quantitative estimate of drug-likeness (QED) is 0.487. The molecule has 0 saturated carbocycles. The van der Waals surface area contributed by atoms with Crippen LogP contribution in [0.15, 0.2) is 84.3 Å². The number of sulfonamides is 1. The Labute approximate surface area is 183 Å². The van der Waals surface area contributed by atoms with Gasteiger partial charge in [-0.25, -0.2) is 17.2 Å². The molecule has 9 heteroatoms. The maximum atomic E-state index is 13.8. The van der Waals surface area contributed by atoms with Crippen LogP contribution < -0.4 is 9.62 Å². The Bertz CT molecular complexity index is 1250. The van der Waals surface area contributed by atoms with Crippen LogP contribution in [-0.2, 0) is 10.0 Å². The highest BCUT2D eigenvalue weighted by molar-refractivity contribution is 7.92. The summed E-state index contributed by atoms with van der Waals surface area (Å²) in [5.41, 5.74) is -0.00109. The minimum atomic E-state index is -4.11. The fraction of sp³-hybridized carbons (Fsp3) is 0.0455. The van der Waals surface area contributed by atoms with Crippen molar-refractivity contribution < 1.29 is 22.0 Å². The van der Waals surface area contributed by atoms with Crippen LogP contribution in [0.4, 0.5) is 20.2 Å². The fourth-order valence-corrected chi connectivity index (χ4v) is 4.60. The van der Waals surface area contributed by atoms with Crippen molar-refractivity contribution in [2.24, 2.45) is 0 Å². The molecule has 0 saturated heterocycles. The lowest BCUT2D eigenvalue weighted by atomic mass is 10.2. The van der Waals surface area contributed by atoms with Gasteiger partial charge in [0.05, 0.1) is 27.8 Å².